The van der Waals surface area contributed by atoms with Crippen molar-refractivity contribution in [3.05, 3.63) is 33.5 Å². The Morgan fingerprint density at radius 3 is 2.35 bits per heavy atom. The van der Waals surface area contributed by atoms with Crippen LogP contribution in [0.25, 0.3) is 0 Å². The highest BCUT2D eigenvalue weighted by molar-refractivity contribution is 9.10. The maximum Gasteiger partial charge on any atom is 0.254 e. The number of nitrogens with zero attached hydrogens (tertiary/aromatic N) is 2. The molecule has 0 radical (unpaired) electrons. The van der Waals surface area contributed by atoms with Crippen molar-refractivity contribution in [2.45, 2.75) is 26.8 Å². The van der Waals surface area contributed by atoms with Crippen LogP contribution in [0.2, 0.25) is 0 Å². The van der Waals surface area contributed by atoms with Gasteiger partial charge in [0.25, 0.3) is 5.91 Å². The summed E-state index contributed by atoms with van der Waals surface area (Å²) < 4.78 is 14.4. The Morgan fingerprint density at radius 2 is 1.85 bits per heavy atom. The van der Waals surface area contributed by atoms with E-state index in [1.165, 1.54) is 6.07 Å². The topological polar surface area (TPSA) is 23.6 Å². The van der Waals surface area contributed by atoms with E-state index >= 15 is 0 Å². The fraction of sp³-hybridized carbons (Fsp3) is 0.533. The molecule has 20 heavy (non-hydrogen) atoms. The molecule has 0 bridgehead atoms. The van der Waals surface area contributed by atoms with Crippen molar-refractivity contribution < 1.29 is 9.18 Å². The smallest absolute Gasteiger partial charge is 0.254 e. The van der Waals surface area contributed by atoms with Crippen LogP contribution in [0.1, 0.15) is 29.8 Å². The van der Waals surface area contributed by atoms with Crippen LogP contribution in [-0.2, 0) is 0 Å². The highest BCUT2D eigenvalue weighted by atomic mass is 79.9. The first-order valence-corrected chi connectivity index (χ1v) is 7.68. The minimum atomic E-state index is -0.344. The number of benzene rings is 1. The van der Waals surface area contributed by atoms with Crippen LogP contribution in [0, 0.1) is 12.7 Å². The number of hydrogen-bond acceptors (Lipinski definition) is 2. The van der Waals surface area contributed by atoms with Gasteiger partial charge in [0.05, 0.1) is 0 Å². The molecule has 1 fully saturated rings. The van der Waals surface area contributed by atoms with E-state index in [-0.39, 0.29) is 11.7 Å². The third-order valence-electron chi connectivity index (χ3n) is 3.86. The molecule has 0 spiro atoms. The second-order valence-electron chi connectivity index (χ2n) is 5.49. The van der Waals surface area contributed by atoms with E-state index < -0.39 is 0 Å². The van der Waals surface area contributed by atoms with Crippen LogP contribution < -0.4 is 0 Å². The van der Waals surface area contributed by atoms with Crippen molar-refractivity contribution in [2.75, 3.05) is 26.2 Å². The summed E-state index contributed by atoms with van der Waals surface area (Å²) in [6.45, 7) is 9.15. The fourth-order valence-electron chi connectivity index (χ4n) is 2.39. The van der Waals surface area contributed by atoms with E-state index in [2.05, 4.69) is 34.7 Å². The zero-order valence-corrected chi connectivity index (χ0v) is 13.7. The molecule has 0 saturated carbocycles. The van der Waals surface area contributed by atoms with Crippen molar-refractivity contribution in [2.24, 2.45) is 0 Å². The summed E-state index contributed by atoms with van der Waals surface area (Å²) in [6.07, 6.45) is 0. The monoisotopic (exact) mass is 342 g/mol. The molecule has 110 valence electrons. The number of carbonyl (C=O) groups is 1. The number of rotatable bonds is 2. The van der Waals surface area contributed by atoms with Crippen molar-refractivity contribution >= 4 is 21.8 Å². The van der Waals surface area contributed by atoms with Gasteiger partial charge in [-0.15, -0.1) is 0 Å². The van der Waals surface area contributed by atoms with Crippen LogP contribution in [-0.4, -0.2) is 47.9 Å². The fourth-order valence-corrected chi connectivity index (χ4v) is 2.83. The summed E-state index contributed by atoms with van der Waals surface area (Å²) in [5.74, 6) is -0.434. The van der Waals surface area contributed by atoms with Crippen molar-refractivity contribution in [3.63, 3.8) is 0 Å². The van der Waals surface area contributed by atoms with E-state index in [9.17, 15) is 9.18 Å². The standard InChI is InChI=1S/C15H20BrFN2O/c1-10(2)18-4-6-19(7-5-18)15(20)12-8-13(16)11(3)14(17)9-12/h8-10H,4-7H2,1-3H3. The first kappa shape index (κ1) is 15.4. The lowest BCUT2D eigenvalue weighted by Crippen LogP contribution is -2.50. The van der Waals surface area contributed by atoms with E-state index in [0.29, 0.717) is 34.7 Å². The van der Waals surface area contributed by atoms with Gasteiger partial charge in [0, 0.05) is 42.3 Å². The van der Waals surface area contributed by atoms with E-state index in [0.717, 1.165) is 13.1 Å². The molecule has 3 nitrogen and oxygen atoms in total. The molecule has 0 atom stereocenters. The first-order chi connectivity index (χ1) is 9.40. The van der Waals surface area contributed by atoms with Crippen molar-refractivity contribution in [1.82, 2.24) is 9.80 Å². The molecule has 1 aliphatic heterocycles. The maximum absolute atomic E-state index is 13.7. The van der Waals surface area contributed by atoms with Gasteiger partial charge in [0.15, 0.2) is 0 Å². The van der Waals surface area contributed by atoms with E-state index in [1.807, 2.05) is 0 Å². The second kappa shape index (κ2) is 6.22. The zero-order valence-electron chi connectivity index (χ0n) is 12.1. The van der Waals surface area contributed by atoms with Crippen molar-refractivity contribution in [3.8, 4) is 0 Å². The quantitative estimate of drug-likeness (QED) is 0.824. The van der Waals surface area contributed by atoms with Gasteiger partial charge in [-0.25, -0.2) is 4.39 Å². The second-order valence-corrected chi connectivity index (χ2v) is 6.34. The Labute approximate surface area is 127 Å². The predicted octanol–water partition coefficient (Wildman–Crippen LogP) is 3.06. The minimum Gasteiger partial charge on any atom is -0.336 e. The van der Waals surface area contributed by atoms with Gasteiger partial charge in [-0.05, 0) is 38.5 Å². The summed E-state index contributed by atoms with van der Waals surface area (Å²) in [5.41, 5.74) is 0.948. The summed E-state index contributed by atoms with van der Waals surface area (Å²) in [6, 6.07) is 3.53. The van der Waals surface area contributed by atoms with Gasteiger partial charge in [0.1, 0.15) is 5.82 Å². The molecule has 1 aliphatic rings. The highest BCUT2D eigenvalue weighted by Crippen LogP contribution is 2.22. The minimum absolute atomic E-state index is 0.0898. The molecule has 2 rings (SSSR count). The first-order valence-electron chi connectivity index (χ1n) is 6.89. The molecule has 0 aromatic heterocycles. The van der Waals surface area contributed by atoms with Crippen LogP contribution in [0.15, 0.2) is 16.6 Å². The number of amides is 1. The molecule has 1 amide bonds. The van der Waals surface area contributed by atoms with Gasteiger partial charge in [-0.2, -0.15) is 0 Å². The highest BCUT2D eigenvalue weighted by Gasteiger charge is 2.24. The summed E-state index contributed by atoms with van der Waals surface area (Å²) in [7, 11) is 0. The molecule has 0 unspecified atom stereocenters. The number of carbonyl (C=O) groups excluding carboxylic acids is 1. The Hall–Kier alpha value is -0.940. The molecule has 1 aromatic rings. The van der Waals surface area contributed by atoms with Crippen LogP contribution in [0.4, 0.5) is 4.39 Å². The Morgan fingerprint density at radius 1 is 1.25 bits per heavy atom. The number of hydrogen-bond donors (Lipinski definition) is 0. The Balaban J connectivity index is 2.09. The lowest BCUT2D eigenvalue weighted by molar-refractivity contribution is 0.0595. The molecular weight excluding hydrogens is 323 g/mol. The number of piperazine rings is 1. The van der Waals surface area contributed by atoms with Crippen LogP contribution in [0.5, 0.6) is 0 Å². The Kier molecular flexibility index (Phi) is 4.81. The van der Waals surface area contributed by atoms with Gasteiger partial charge in [-0.1, -0.05) is 15.9 Å². The molecule has 0 aliphatic carbocycles. The van der Waals surface area contributed by atoms with Gasteiger partial charge < -0.3 is 4.90 Å². The molecule has 1 heterocycles. The lowest BCUT2D eigenvalue weighted by Gasteiger charge is -2.37. The van der Waals surface area contributed by atoms with Crippen LogP contribution in [0.3, 0.4) is 0 Å². The van der Waals surface area contributed by atoms with E-state index in [1.54, 1.807) is 17.9 Å². The molecular formula is C15H20BrFN2O. The molecule has 1 aromatic carbocycles. The summed E-state index contributed by atoms with van der Waals surface area (Å²) in [4.78, 5) is 16.6. The average Bonchev–Trinajstić information content (AvgIpc) is 2.43. The third kappa shape index (κ3) is 3.20. The summed E-state index contributed by atoms with van der Waals surface area (Å²) in [5, 5.41) is 0. The van der Waals surface area contributed by atoms with Gasteiger partial charge >= 0.3 is 0 Å². The van der Waals surface area contributed by atoms with Crippen molar-refractivity contribution in [1.29, 1.82) is 0 Å². The largest absolute Gasteiger partial charge is 0.336 e. The van der Waals surface area contributed by atoms with E-state index in [4.69, 9.17) is 0 Å². The molecule has 5 heteroatoms. The average molecular weight is 343 g/mol. The Bertz CT molecular complexity index is 488. The molecule has 1 saturated heterocycles. The maximum atomic E-state index is 13.7. The summed E-state index contributed by atoms with van der Waals surface area (Å²) >= 11 is 3.30. The number of halogens is 2. The zero-order chi connectivity index (χ0) is 14.9. The van der Waals surface area contributed by atoms with Gasteiger partial charge in [-0.3, -0.25) is 9.69 Å². The normalized spacial score (nSPS) is 16.8. The third-order valence-corrected chi connectivity index (χ3v) is 4.68. The predicted molar refractivity (Wildman–Crippen MR) is 81.4 cm³/mol. The van der Waals surface area contributed by atoms with Crippen LogP contribution >= 0.6 is 15.9 Å². The lowest BCUT2D eigenvalue weighted by atomic mass is 10.1. The van der Waals surface area contributed by atoms with Gasteiger partial charge in [0.2, 0.25) is 0 Å². The SMILES string of the molecule is Cc1c(F)cc(C(=O)N2CCN(C(C)C)CC2)cc1Br. The molecule has 0 N–H and O–H groups in total.